The van der Waals surface area contributed by atoms with E-state index in [2.05, 4.69) is 10.3 Å². The predicted molar refractivity (Wildman–Crippen MR) is 67.5 cm³/mol. The molecule has 1 aromatic heterocycles. The van der Waals surface area contributed by atoms with Crippen LogP contribution in [-0.4, -0.2) is 26.1 Å². The van der Waals surface area contributed by atoms with Crippen LogP contribution >= 0.6 is 0 Å². The van der Waals surface area contributed by atoms with Gasteiger partial charge in [-0.2, -0.15) is 0 Å². The van der Waals surface area contributed by atoms with Crippen LogP contribution in [0.3, 0.4) is 0 Å². The minimum Gasteiger partial charge on any atom is -0.476 e. The van der Waals surface area contributed by atoms with Crippen molar-refractivity contribution in [3.8, 4) is 11.3 Å². The first-order valence-corrected chi connectivity index (χ1v) is 5.86. The Morgan fingerprint density at radius 2 is 2.11 bits per heavy atom. The average molecular weight is 263 g/mol. The van der Waals surface area contributed by atoms with E-state index in [1.54, 1.807) is 13.0 Å². The Bertz CT molecular complexity index is 635. The van der Waals surface area contributed by atoms with Crippen LogP contribution in [0.5, 0.6) is 0 Å². The lowest BCUT2D eigenvalue weighted by Crippen LogP contribution is -2.07. The molecule has 0 aliphatic rings. The zero-order valence-corrected chi connectivity index (χ0v) is 10.9. The number of hydrogen-bond acceptors (Lipinski definition) is 3. The fourth-order valence-corrected chi connectivity index (χ4v) is 1.86. The number of aromatic carboxylic acids is 1. The second kappa shape index (κ2) is 4.79. The number of benzene rings is 1. The smallest absolute Gasteiger partial charge is 0.358 e. The van der Waals surface area contributed by atoms with Crippen molar-refractivity contribution in [1.82, 2.24) is 15.0 Å². The molecule has 0 aliphatic heterocycles. The molecular weight excluding hydrogens is 249 g/mol. The van der Waals surface area contributed by atoms with Gasteiger partial charge in [-0.15, -0.1) is 5.10 Å². The first kappa shape index (κ1) is 13.2. The van der Waals surface area contributed by atoms with Crippen LogP contribution in [0.1, 0.15) is 35.9 Å². The van der Waals surface area contributed by atoms with E-state index in [-0.39, 0.29) is 17.6 Å². The van der Waals surface area contributed by atoms with Gasteiger partial charge in [0, 0.05) is 11.6 Å². The molecule has 0 amide bonds. The Kier molecular flexibility index (Phi) is 3.33. The summed E-state index contributed by atoms with van der Waals surface area (Å²) < 4.78 is 14.8. The molecule has 0 atom stereocenters. The third kappa shape index (κ3) is 2.33. The summed E-state index contributed by atoms with van der Waals surface area (Å²) in [7, 11) is 0. The molecule has 0 bridgehead atoms. The molecule has 0 fully saturated rings. The molecule has 1 heterocycles. The Hall–Kier alpha value is -2.24. The lowest BCUT2D eigenvalue weighted by Gasteiger charge is -2.11. The van der Waals surface area contributed by atoms with Crippen LogP contribution in [0.15, 0.2) is 18.2 Å². The summed E-state index contributed by atoms with van der Waals surface area (Å²) in [4.78, 5) is 11.2. The highest BCUT2D eigenvalue weighted by atomic mass is 19.1. The van der Waals surface area contributed by atoms with Crippen molar-refractivity contribution < 1.29 is 14.3 Å². The summed E-state index contributed by atoms with van der Waals surface area (Å²) in [6.07, 6.45) is 0. The number of rotatable bonds is 3. The van der Waals surface area contributed by atoms with Crippen molar-refractivity contribution >= 4 is 5.97 Å². The summed E-state index contributed by atoms with van der Waals surface area (Å²) in [6, 6.07) is 4.40. The van der Waals surface area contributed by atoms with E-state index in [9.17, 15) is 9.18 Å². The van der Waals surface area contributed by atoms with E-state index < -0.39 is 5.97 Å². The van der Waals surface area contributed by atoms with E-state index >= 15 is 0 Å². The topological polar surface area (TPSA) is 68.0 Å². The number of carboxylic acids is 1. The second-order valence-electron chi connectivity index (χ2n) is 4.59. The highest BCUT2D eigenvalue weighted by molar-refractivity contribution is 5.92. The number of halogens is 1. The first-order chi connectivity index (χ1) is 8.91. The zero-order chi connectivity index (χ0) is 14.2. The van der Waals surface area contributed by atoms with Gasteiger partial charge in [0.25, 0.3) is 0 Å². The second-order valence-corrected chi connectivity index (χ2v) is 4.59. The van der Waals surface area contributed by atoms with Crippen LogP contribution in [0, 0.1) is 12.7 Å². The number of aromatic nitrogens is 3. The van der Waals surface area contributed by atoms with Gasteiger partial charge in [-0.25, -0.2) is 13.9 Å². The predicted octanol–water partition coefficient (Wildman–Crippen LogP) is 2.67. The SMILES string of the molecule is Cc1cc(-c2c(C(=O)O)nnn2C(C)C)ccc1F. The molecule has 0 spiro atoms. The molecule has 1 N–H and O–H groups in total. The van der Waals surface area contributed by atoms with Crippen LogP contribution in [0.25, 0.3) is 11.3 Å². The molecule has 0 radical (unpaired) electrons. The van der Waals surface area contributed by atoms with Gasteiger partial charge in [-0.1, -0.05) is 5.21 Å². The van der Waals surface area contributed by atoms with Gasteiger partial charge in [0.1, 0.15) is 11.5 Å². The van der Waals surface area contributed by atoms with Gasteiger partial charge in [0.15, 0.2) is 5.69 Å². The Morgan fingerprint density at radius 1 is 1.42 bits per heavy atom. The third-order valence-corrected chi connectivity index (χ3v) is 2.82. The molecule has 6 heteroatoms. The van der Waals surface area contributed by atoms with Crippen molar-refractivity contribution in [1.29, 1.82) is 0 Å². The minimum absolute atomic E-state index is 0.0408. The fourth-order valence-electron chi connectivity index (χ4n) is 1.86. The van der Waals surface area contributed by atoms with Gasteiger partial charge in [-0.05, 0) is 44.5 Å². The molecule has 2 rings (SSSR count). The van der Waals surface area contributed by atoms with Crippen LogP contribution < -0.4 is 0 Å². The summed E-state index contributed by atoms with van der Waals surface area (Å²) in [5.74, 6) is -1.48. The lowest BCUT2D eigenvalue weighted by atomic mass is 10.1. The fraction of sp³-hybridized carbons (Fsp3) is 0.308. The number of carbonyl (C=O) groups is 1. The molecule has 100 valence electrons. The number of aryl methyl sites for hydroxylation is 1. The summed E-state index contributed by atoms with van der Waals surface area (Å²) in [5.41, 5.74) is 1.31. The van der Waals surface area contributed by atoms with Crippen LogP contribution in [0.2, 0.25) is 0 Å². The maximum absolute atomic E-state index is 13.3. The van der Waals surface area contributed by atoms with E-state index in [1.807, 2.05) is 13.8 Å². The van der Waals surface area contributed by atoms with Crippen molar-refractivity contribution in [3.05, 3.63) is 35.3 Å². The molecular formula is C13H14FN3O2. The number of carboxylic acid groups (broad SMARTS) is 1. The average Bonchev–Trinajstić information content (AvgIpc) is 2.77. The summed E-state index contributed by atoms with van der Waals surface area (Å²) >= 11 is 0. The highest BCUT2D eigenvalue weighted by Crippen LogP contribution is 2.26. The Balaban J connectivity index is 2.67. The normalized spacial score (nSPS) is 11.0. The van der Waals surface area contributed by atoms with Gasteiger partial charge >= 0.3 is 5.97 Å². The zero-order valence-electron chi connectivity index (χ0n) is 10.9. The van der Waals surface area contributed by atoms with Crippen molar-refractivity contribution in [2.45, 2.75) is 26.8 Å². The Labute approximate surface area is 109 Å². The van der Waals surface area contributed by atoms with Crippen LogP contribution in [0.4, 0.5) is 4.39 Å². The third-order valence-electron chi connectivity index (χ3n) is 2.82. The standard InChI is InChI=1S/C13H14FN3O2/c1-7(2)17-12(11(13(18)19)15-16-17)9-4-5-10(14)8(3)6-9/h4-7H,1-3H3,(H,18,19). The molecule has 0 unspecified atom stereocenters. The first-order valence-electron chi connectivity index (χ1n) is 5.86. The Morgan fingerprint density at radius 3 is 2.63 bits per heavy atom. The molecule has 5 nitrogen and oxygen atoms in total. The summed E-state index contributed by atoms with van der Waals surface area (Å²) in [6.45, 7) is 5.38. The van der Waals surface area contributed by atoms with E-state index in [1.165, 1.54) is 16.8 Å². The van der Waals surface area contributed by atoms with Crippen molar-refractivity contribution in [2.24, 2.45) is 0 Å². The molecule has 2 aromatic rings. The van der Waals surface area contributed by atoms with Gasteiger partial charge in [0.05, 0.1) is 0 Å². The number of nitrogens with zero attached hydrogens (tertiary/aromatic N) is 3. The van der Waals surface area contributed by atoms with E-state index in [0.717, 1.165) is 0 Å². The minimum atomic E-state index is -1.15. The van der Waals surface area contributed by atoms with Crippen molar-refractivity contribution in [3.63, 3.8) is 0 Å². The van der Waals surface area contributed by atoms with E-state index in [0.29, 0.717) is 16.8 Å². The van der Waals surface area contributed by atoms with Gasteiger partial charge in [-0.3, -0.25) is 0 Å². The molecule has 1 aromatic carbocycles. The monoisotopic (exact) mass is 263 g/mol. The summed E-state index contributed by atoms with van der Waals surface area (Å²) in [5, 5.41) is 16.7. The van der Waals surface area contributed by atoms with Crippen LogP contribution in [-0.2, 0) is 0 Å². The highest BCUT2D eigenvalue weighted by Gasteiger charge is 2.22. The maximum atomic E-state index is 13.3. The number of hydrogen-bond donors (Lipinski definition) is 1. The van der Waals surface area contributed by atoms with Gasteiger partial charge < -0.3 is 5.11 Å². The van der Waals surface area contributed by atoms with Gasteiger partial charge in [0.2, 0.25) is 0 Å². The molecule has 0 saturated heterocycles. The molecule has 19 heavy (non-hydrogen) atoms. The molecule has 0 aliphatic carbocycles. The lowest BCUT2D eigenvalue weighted by molar-refractivity contribution is 0.0691. The molecule has 0 saturated carbocycles. The van der Waals surface area contributed by atoms with Crippen molar-refractivity contribution in [2.75, 3.05) is 0 Å². The maximum Gasteiger partial charge on any atom is 0.358 e. The largest absolute Gasteiger partial charge is 0.476 e. The van der Waals surface area contributed by atoms with E-state index in [4.69, 9.17) is 5.11 Å². The quantitative estimate of drug-likeness (QED) is 0.924.